The van der Waals surface area contributed by atoms with Crippen LogP contribution in [0.25, 0.3) is 22.5 Å². The van der Waals surface area contributed by atoms with Crippen molar-refractivity contribution >= 4 is 29.6 Å². The third-order valence-electron chi connectivity index (χ3n) is 7.25. The molecule has 0 saturated heterocycles. The fourth-order valence-corrected chi connectivity index (χ4v) is 4.78. The van der Waals surface area contributed by atoms with Gasteiger partial charge in [-0.05, 0) is 48.2 Å². The van der Waals surface area contributed by atoms with Crippen molar-refractivity contribution in [2.45, 2.75) is 37.4 Å². The molecule has 0 aliphatic heterocycles. The van der Waals surface area contributed by atoms with Gasteiger partial charge in [-0.1, -0.05) is 29.8 Å². The zero-order valence-corrected chi connectivity index (χ0v) is 24.2. The zero-order valence-electron chi connectivity index (χ0n) is 23.5. The standard InChI is InChI=1S/C28H26ClF4N9O3/c1-35-26(34)42(23(43)16-4-2-15(3-5-16)18-11-38-41(12-18)25(32)33)21(13-45-27(44)39-28(8-9-28)24(30)31)17-6-7-20(29)19(10-17)22-36-14-37-40-22/h2-7,10-12,14,21,24-25H,8-9,13H2,1H3,(H2,34,35)(H,39,44)(H,36,37,40)/t21-/m1/s1. The Morgan fingerprint density at radius 3 is 2.47 bits per heavy atom. The lowest BCUT2D eigenvalue weighted by molar-refractivity contribution is 0.0566. The van der Waals surface area contributed by atoms with Crippen molar-refractivity contribution < 1.29 is 31.9 Å². The van der Waals surface area contributed by atoms with Crippen LogP contribution in [0.4, 0.5) is 22.4 Å². The number of hydrogen-bond donors (Lipinski definition) is 4. The Labute approximate surface area is 258 Å². The highest BCUT2D eigenvalue weighted by Gasteiger charge is 2.53. The third kappa shape index (κ3) is 6.74. The predicted molar refractivity (Wildman–Crippen MR) is 154 cm³/mol. The largest absolute Gasteiger partial charge is 0.447 e. The molecule has 2 heterocycles. The molecule has 5 rings (SSSR count). The summed E-state index contributed by atoms with van der Waals surface area (Å²) in [5.74, 6) is -0.765. The van der Waals surface area contributed by atoms with Gasteiger partial charge in [0.15, 0.2) is 11.8 Å². The lowest BCUT2D eigenvalue weighted by Gasteiger charge is -2.32. The Hall–Kier alpha value is -4.99. The molecule has 0 spiro atoms. The minimum absolute atomic E-state index is 0.0921. The lowest BCUT2D eigenvalue weighted by Crippen LogP contribution is -2.48. The molecule has 0 radical (unpaired) electrons. The quantitative estimate of drug-likeness (QED) is 0.104. The van der Waals surface area contributed by atoms with E-state index < -0.39 is 43.2 Å². The van der Waals surface area contributed by atoms with Crippen LogP contribution in [0, 0.1) is 5.41 Å². The number of carbonyl (C=O) groups excluding carboxylic acids is 2. The molecule has 1 aliphatic carbocycles. The third-order valence-corrected chi connectivity index (χ3v) is 7.58. The Morgan fingerprint density at radius 1 is 1.16 bits per heavy atom. The number of nitrogens with zero attached hydrogens (tertiary/aromatic N) is 5. The second kappa shape index (κ2) is 12.9. The summed E-state index contributed by atoms with van der Waals surface area (Å²) in [5, 5.41) is 23.9. The van der Waals surface area contributed by atoms with E-state index >= 15 is 0 Å². The van der Waals surface area contributed by atoms with Crippen LogP contribution in [0.2, 0.25) is 5.02 Å². The van der Waals surface area contributed by atoms with Gasteiger partial charge in [0.1, 0.15) is 18.5 Å². The van der Waals surface area contributed by atoms with Gasteiger partial charge in [0.2, 0.25) is 0 Å². The first kappa shape index (κ1) is 31.4. The summed E-state index contributed by atoms with van der Waals surface area (Å²) in [6.45, 7) is -3.35. The van der Waals surface area contributed by atoms with Crippen LogP contribution >= 0.6 is 11.6 Å². The van der Waals surface area contributed by atoms with Crippen LogP contribution in [-0.2, 0) is 4.74 Å². The summed E-state index contributed by atoms with van der Waals surface area (Å²) < 4.78 is 58.7. The highest BCUT2D eigenvalue weighted by atomic mass is 35.5. The highest BCUT2D eigenvalue weighted by Crippen LogP contribution is 2.41. The van der Waals surface area contributed by atoms with Gasteiger partial charge in [0.05, 0.1) is 17.3 Å². The number of H-pyrrole nitrogens is 1. The molecule has 4 N–H and O–H groups in total. The van der Waals surface area contributed by atoms with E-state index in [-0.39, 0.29) is 29.4 Å². The number of carbonyl (C=O) groups is 2. The summed E-state index contributed by atoms with van der Waals surface area (Å²) in [7, 11) is 1.41. The van der Waals surface area contributed by atoms with Crippen molar-refractivity contribution in [3.05, 3.63) is 77.3 Å². The van der Waals surface area contributed by atoms with Gasteiger partial charge in [-0.2, -0.15) is 19.0 Å². The number of alkyl halides is 4. The summed E-state index contributed by atoms with van der Waals surface area (Å²) in [5.41, 5.74) is 0.101. The van der Waals surface area contributed by atoms with Gasteiger partial charge < -0.3 is 15.4 Å². The maximum Gasteiger partial charge on any atom is 0.407 e. The minimum Gasteiger partial charge on any atom is -0.447 e. The van der Waals surface area contributed by atoms with Crippen LogP contribution in [0.5, 0.6) is 0 Å². The van der Waals surface area contributed by atoms with Crippen molar-refractivity contribution in [2.75, 3.05) is 13.7 Å². The van der Waals surface area contributed by atoms with E-state index in [2.05, 4.69) is 30.9 Å². The fourth-order valence-electron chi connectivity index (χ4n) is 4.57. The molecule has 1 aliphatic rings. The number of halogens is 5. The molecule has 4 aromatic rings. The molecular weight excluding hydrogens is 622 g/mol. The van der Waals surface area contributed by atoms with Crippen LogP contribution < -0.4 is 10.6 Å². The van der Waals surface area contributed by atoms with Crippen molar-refractivity contribution in [1.82, 2.24) is 40.5 Å². The van der Waals surface area contributed by atoms with Gasteiger partial charge in [-0.3, -0.25) is 20.2 Å². The first-order valence-electron chi connectivity index (χ1n) is 13.4. The second-order valence-electron chi connectivity index (χ2n) is 10.1. The molecule has 2 aromatic carbocycles. The number of hydrogen-bond acceptors (Lipinski definition) is 7. The maximum absolute atomic E-state index is 14.0. The van der Waals surface area contributed by atoms with Crippen molar-refractivity contribution in [2.24, 2.45) is 0 Å². The van der Waals surface area contributed by atoms with Gasteiger partial charge in [0, 0.05) is 29.9 Å². The monoisotopic (exact) mass is 647 g/mol. The van der Waals surface area contributed by atoms with E-state index in [4.69, 9.17) is 21.7 Å². The second-order valence-corrected chi connectivity index (χ2v) is 10.5. The average molecular weight is 648 g/mol. The number of rotatable bonds is 10. The van der Waals surface area contributed by atoms with Gasteiger partial charge in [-0.15, -0.1) is 0 Å². The number of guanidine groups is 1. The van der Waals surface area contributed by atoms with Gasteiger partial charge >= 0.3 is 12.6 Å². The van der Waals surface area contributed by atoms with E-state index in [0.717, 1.165) is 11.1 Å². The number of benzene rings is 2. The normalized spacial score (nSPS) is 14.2. The highest BCUT2D eigenvalue weighted by molar-refractivity contribution is 6.33. The maximum atomic E-state index is 14.0. The molecule has 2 aromatic heterocycles. The lowest BCUT2D eigenvalue weighted by atomic mass is 10.0. The van der Waals surface area contributed by atoms with Crippen molar-refractivity contribution in [1.29, 1.82) is 5.41 Å². The Balaban J connectivity index is 1.48. The summed E-state index contributed by atoms with van der Waals surface area (Å²) in [4.78, 5) is 31.7. The predicted octanol–water partition coefficient (Wildman–Crippen LogP) is 5.25. The summed E-state index contributed by atoms with van der Waals surface area (Å²) in [6, 6.07) is 9.45. The van der Waals surface area contributed by atoms with Gasteiger partial charge in [-0.25, -0.2) is 23.2 Å². The molecule has 2 amide bonds. The van der Waals surface area contributed by atoms with E-state index in [1.807, 2.05) is 0 Å². The molecule has 0 unspecified atom stereocenters. The Morgan fingerprint density at radius 2 is 1.89 bits per heavy atom. The first-order valence-corrected chi connectivity index (χ1v) is 13.8. The molecule has 1 fully saturated rings. The summed E-state index contributed by atoms with van der Waals surface area (Å²) >= 11 is 6.40. The number of aromatic nitrogens is 5. The minimum atomic E-state index is -2.82. The fraction of sp³-hybridized carbons (Fsp3) is 0.286. The number of alkyl carbamates (subject to hydrolysis) is 1. The molecule has 17 heteroatoms. The molecule has 0 bridgehead atoms. The molecule has 12 nitrogen and oxygen atoms in total. The SMILES string of the molecule is CNC(=N)N(C(=O)c1ccc(-c2cnn(C(F)F)c2)cc1)[C@H](COC(=O)NC1(C(F)F)CC1)c1ccc(Cl)c(-c2ncn[nH]2)c1. The number of aromatic amines is 1. The molecule has 1 atom stereocenters. The Kier molecular flexibility index (Phi) is 9.04. The van der Waals surface area contributed by atoms with Crippen LogP contribution in [0.1, 0.15) is 41.4 Å². The number of nitrogens with one attached hydrogen (secondary N) is 4. The molecular formula is C28H26ClF4N9O3. The molecule has 1 saturated carbocycles. The van der Waals surface area contributed by atoms with Crippen molar-refractivity contribution in [3.8, 4) is 22.5 Å². The van der Waals surface area contributed by atoms with E-state index in [9.17, 15) is 27.2 Å². The van der Waals surface area contributed by atoms with Gasteiger partial charge in [0.25, 0.3) is 12.3 Å². The van der Waals surface area contributed by atoms with Crippen LogP contribution in [0.15, 0.2) is 61.2 Å². The first-order chi connectivity index (χ1) is 21.5. The molecule has 236 valence electrons. The number of amides is 2. The van der Waals surface area contributed by atoms with Crippen LogP contribution in [-0.4, -0.2) is 73.4 Å². The topological polar surface area (TPSA) is 154 Å². The van der Waals surface area contributed by atoms with Crippen LogP contribution in [0.3, 0.4) is 0 Å². The average Bonchev–Trinajstić information content (AvgIpc) is 3.39. The molecule has 45 heavy (non-hydrogen) atoms. The van der Waals surface area contributed by atoms with Crippen molar-refractivity contribution in [3.63, 3.8) is 0 Å². The van der Waals surface area contributed by atoms with E-state index in [1.54, 1.807) is 12.1 Å². The van der Waals surface area contributed by atoms with E-state index in [0.29, 0.717) is 32.8 Å². The Bertz CT molecular complexity index is 1680. The summed E-state index contributed by atoms with van der Waals surface area (Å²) in [6.07, 6.45) is -0.0194. The van der Waals surface area contributed by atoms with E-state index in [1.165, 1.54) is 49.9 Å². The smallest absolute Gasteiger partial charge is 0.407 e. The zero-order chi connectivity index (χ0) is 32.3. The number of ether oxygens (including phenoxy) is 1.